The van der Waals surface area contributed by atoms with Gasteiger partial charge < -0.3 is 42.6 Å². The Morgan fingerprint density at radius 3 is 2.28 bits per heavy atom. The summed E-state index contributed by atoms with van der Waals surface area (Å²) in [6, 6.07) is 0. The number of hydrogen-bond acceptors (Lipinski definition) is 13. The summed E-state index contributed by atoms with van der Waals surface area (Å²) in [6.07, 6.45) is 13.4. The Morgan fingerprint density at radius 1 is 0.940 bits per heavy atom. The maximum absolute atomic E-state index is 14.6. The fourth-order valence-electron chi connectivity index (χ4n) is 6.97. The lowest BCUT2D eigenvalue weighted by Gasteiger charge is -2.41. The van der Waals surface area contributed by atoms with Gasteiger partial charge in [-0.1, -0.05) is 43.2 Å². The van der Waals surface area contributed by atoms with E-state index in [-0.39, 0.29) is 49.4 Å². The molecule has 3 aliphatic rings. The second kappa shape index (κ2) is 21.1. The average Bonchev–Trinajstić information content (AvgIpc) is 3.58. The second-order valence-electron chi connectivity index (χ2n) is 12.4. The summed E-state index contributed by atoms with van der Waals surface area (Å²) in [6.45, 7) is 4.23. The third-order valence-electron chi connectivity index (χ3n) is 9.35. The smallest absolute Gasteiger partial charge is 0.468 e. The number of esters is 1. The molecule has 280 valence electrons. The van der Waals surface area contributed by atoms with Crippen LogP contribution in [0.2, 0.25) is 0 Å². The third kappa shape index (κ3) is 10.6. The average molecular weight is 707 g/mol. The molecule has 0 spiro atoms. The fraction of sp³-hybridized carbons (Fsp3) is 0.676. The van der Waals surface area contributed by atoms with Crippen LogP contribution in [0.25, 0.3) is 0 Å². The van der Waals surface area contributed by atoms with Crippen molar-refractivity contribution in [2.24, 2.45) is 23.7 Å². The molecule has 50 heavy (non-hydrogen) atoms. The van der Waals surface area contributed by atoms with Crippen molar-refractivity contribution in [1.29, 1.82) is 0 Å². The zero-order chi connectivity index (χ0) is 36.5. The highest BCUT2D eigenvalue weighted by atomic mass is 16.8. The van der Waals surface area contributed by atoms with Gasteiger partial charge in [-0.3, -0.25) is 14.4 Å². The maximum atomic E-state index is 14.6. The van der Waals surface area contributed by atoms with Crippen molar-refractivity contribution in [1.82, 2.24) is 0 Å². The van der Waals surface area contributed by atoms with E-state index in [0.29, 0.717) is 32.5 Å². The lowest BCUT2D eigenvalue weighted by atomic mass is 9.66. The van der Waals surface area contributed by atoms with Gasteiger partial charge in [0.25, 0.3) is 5.95 Å². The van der Waals surface area contributed by atoms with Gasteiger partial charge in [-0.15, -0.1) is 0 Å². The molecule has 2 aliphatic carbocycles. The van der Waals surface area contributed by atoms with Gasteiger partial charge >= 0.3 is 12.1 Å². The van der Waals surface area contributed by atoms with Crippen molar-refractivity contribution in [3.8, 4) is 0 Å². The van der Waals surface area contributed by atoms with E-state index in [2.05, 4.69) is 6.08 Å². The summed E-state index contributed by atoms with van der Waals surface area (Å²) in [5.74, 6) is -7.01. The molecule has 1 saturated carbocycles. The summed E-state index contributed by atoms with van der Waals surface area (Å²) < 4.78 is 49.9. The molecule has 13 nitrogen and oxygen atoms in total. The monoisotopic (exact) mass is 706 g/mol. The van der Waals surface area contributed by atoms with Crippen molar-refractivity contribution >= 4 is 23.7 Å². The normalized spacial score (nSPS) is 25.0. The number of allylic oxidation sites excluding steroid dienone is 7. The predicted octanol–water partition coefficient (Wildman–Crippen LogP) is 5.73. The zero-order valence-corrected chi connectivity index (χ0v) is 30.3. The van der Waals surface area contributed by atoms with Crippen LogP contribution in [-0.4, -0.2) is 90.8 Å². The van der Waals surface area contributed by atoms with Crippen molar-refractivity contribution in [2.75, 3.05) is 55.2 Å². The number of fused-ring (bicyclic) bond motifs is 2. The number of unbranched alkanes of at least 4 members (excludes halogenated alkanes) is 3. The molecule has 13 heteroatoms. The van der Waals surface area contributed by atoms with Gasteiger partial charge in [0, 0.05) is 38.2 Å². The quantitative estimate of drug-likeness (QED) is 0.0379. The summed E-state index contributed by atoms with van der Waals surface area (Å²) >= 11 is 0. The highest BCUT2D eigenvalue weighted by Gasteiger charge is 2.54. The van der Waals surface area contributed by atoms with E-state index >= 15 is 0 Å². The van der Waals surface area contributed by atoms with Crippen molar-refractivity contribution < 1.29 is 61.8 Å². The molecular formula is C37H54O13. The number of Topliss-reactive ketones (excluding diaryl/α,β-unsaturated/α-hetero) is 2. The predicted molar refractivity (Wildman–Crippen MR) is 180 cm³/mol. The number of ether oxygens (including phenoxy) is 9. The number of ketones is 2. The van der Waals surface area contributed by atoms with Gasteiger partial charge in [0.15, 0.2) is 24.1 Å². The standard InChI is InChI=1S/C37H54O13/c1-7-9-11-12-13-14-16-25-20-27-28(35(47-24-43-4)50-36(41)45-6)21-29(34(40)44-5)33(39)31(32(27)38)26(25)22-30(46-23-42-3)37(17-15-10-8-2)48-18-19-49-37/h7-10,20,25-26,29-31H,11-19,21-24H2,1-6H3/b9-7+,10-8+,35-28+/t25-,26+,29?,30-,31-/m1/s1. The largest absolute Gasteiger partial charge is 0.516 e. The van der Waals surface area contributed by atoms with Crippen LogP contribution in [0.3, 0.4) is 0 Å². The SMILES string of the molecule is C/C=C/CCCCC[C@@H]1C=C2C(=O)[C@H](C(=O)C(C(=O)OC)C/C2=C(/OCOC)OC(=O)OC)[C@H]1C[C@@H](OCOC)C1(CC/C=C/C)OCCO1. The van der Waals surface area contributed by atoms with Crippen LogP contribution in [0.5, 0.6) is 0 Å². The van der Waals surface area contributed by atoms with Crippen LogP contribution in [0.15, 0.2) is 47.5 Å². The van der Waals surface area contributed by atoms with Crippen LogP contribution in [0.4, 0.5) is 4.79 Å². The number of methoxy groups -OCH3 is 4. The van der Waals surface area contributed by atoms with E-state index in [4.69, 9.17) is 42.6 Å². The first kappa shape index (κ1) is 41.1. The Bertz CT molecular complexity index is 1260. The number of carbonyl (C=O) groups excluding carboxylic acids is 4. The first-order chi connectivity index (χ1) is 24.2. The minimum Gasteiger partial charge on any atom is -0.468 e. The van der Waals surface area contributed by atoms with Crippen LogP contribution >= 0.6 is 0 Å². The van der Waals surface area contributed by atoms with E-state index < -0.39 is 53.3 Å². The molecule has 2 fully saturated rings. The Labute approximate surface area is 295 Å². The molecule has 0 N–H and O–H groups in total. The maximum Gasteiger partial charge on any atom is 0.516 e. The number of carbonyl (C=O) groups is 4. The molecule has 1 heterocycles. The summed E-state index contributed by atoms with van der Waals surface area (Å²) in [7, 11) is 5.19. The zero-order valence-electron chi connectivity index (χ0n) is 30.3. The molecule has 0 amide bonds. The molecule has 0 aromatic carbocycles. The molecule has 1 saturated heterocycles. The van der Waals surface area contributed by atoms with E-state index in [1.54, 1.807) is 0 Å². The van der Waals surface area contributed by atoms with Gasteiger partial charge in [-0.05, 0) is 57.8 Å². The van der Waals surface area contributed by atoms with E-state index in [1.165, 1.54) is 21.3 Å². The number of hydrogen-bond donors (Lipinski definition) is 0. The first-order valence-corrected chi connectivity index (χ1v) is 17.3. The van der Waals surface area contributed by atoms with E-state index in [0.717, 1.165) is 32.8 Å². The number of rotatable bonds is 20. The fourth-order valence-corrected chi connectivity index (χ4v) is 6.97. The van der Waals surface area contributed by atoms with Crippen molar-refractivity contribution in [3.05, 3.63) is 47.5 Å². The van der Waals surface area contributed by atoms with Crippen molar-refractivity contribution in [2.45, 2.75) is 83.5 Å². The Kier molecular flexibility index (Phi) is 17.3. The summed E-state index contributed by atoms with van der Waals surface area (Å²) in [5.41, 5.74) is 0.225. The second-order valence-corrected chi connectivity index (χ2v) is 12.4. The highest BCUT2D eigenvalue weighted by Crippen LogP contribution is 2.48. The van der Waals surface area contributed by atoms with Gasteiger partial charge in [0.2, 0.25) is 0 Å². The Morgan fingerprint density at radius 2 is 1.64 bits per heavy atom. The molecule has 0 radical (unpaired) electrons. The highest BCUT2D eigenvalue weighted by molar-refractivity contribution is 6.19. The van der Waals surface area contributed by atoms with Gasteiger partial charge in [-0.25, -0.2) is 4.79 Å². The third-order valence-corrected chi connectivity index (χ3v) is 9.35. The topological polar surface area (TPSA) is 151 Å². The molecule has 0 aromatic heterocycles. The lowest BCUT2D eigenvalue weighted by Crippen LogP contribution is -2.50. The van der Waals surface area contributed by atoms with Crippen LogP contribution < -0.4 is 0 Å². The molecule has 1 unspecified atom stereocenters. The summed E-state index contributed by atoms with van der Waals surface area (Å²) in [4.78, 5) is 54.7. The van der Waals surface area contributed by atoms with E-state index in [1.807, 2.05) is 38.2 Å². The minimum absolute atomic E-state index is 0.0680. The summed E-state index contributed by atoms with van der Waals surface area (Å²) in [5, 5.41) is 0. The Hall–Kier alpha value is -3.36. The molecule has 0 aromatic rings. The van der Waals surface area contributed by atoms with Gasteiger partial charge in [0.1, 0.15) is 18.8 Å². The van der Waals surface area contributed by atoms with E-state index in [9.17, 15) is 19.2 Å². The first-order valence-electron chi connectivity index (χ1n) is 17.3. The van der Waals surface area contributed by atoms with Gasteiger partial charge in [-0.2, -0.15) is 0 Å². The van der Waals surface area contributed by atoms with Crippen LogP contribution in [0.1, 0.15) is 71.6 Å². The molecule has 2 bridgehead atoms. The van der Waals surface area contributed by atoms with Crippen LogP contribution in [0, 0.1) is 23.7 Å². The molecule has 1 aliphatic heterocycles. The van der Waals surface area contributed by atoms with Gasteiger partial charge in [0.05, 0.1) is 33.4 Å². The van der Waals surface area contributed by atoms with Crippen molar-refractivity contribution in [3.63, 3.8) is 0 Å². The minimum atomic E-state index is -1.39. The molecule has 3 rings (SSSR count). The molecular weight excluding hydrogens is 652 g/mol. The molecule has 5 atom stereocenters. The lowest BCUT2D eigenvalue weighted by molar-refractivity contribution is -0.258. The van der Waals surface area contributed by atoms with Crippen LogP contribution in [-0.2, 0) is 57.0 Å². The Balaban J connectivity index is 2.20.